The first-order chi connectivity index (χ1) is 13.1. The number of ketones is 1. The zero-order valence-corrected chi connectivity index (χ0v) is 14.2. The minimum atomic E-state index is -0.415. The highest BCUT2D eigenvalue weighted by atomic mass is 19.1. The zero-order valence-electron chi connectivity index (χ0n) is 14.2. The molecule has 0 spiro atoms. The number of hydrogen-bond acceptors (Lipinski definition) is 4. The third-order valence-electron chi connectivity index (χ3n) is 4.40. The summed E-state index contributed by atoms with van der Waals surface area (Å²) in [5.41, 5.74) is 3.67. The van der Waals surface area contributed by atoms with Crippen LogP contribution in [-0.4, -0.2) is 23.2 Å². The minimum Gasteiger partial charge on any atom is -0.488 e. The van der Waals surface area contributed by atoms with Gasteiger partial charge in [-0.15, -0.1) is 0 Å². The Balaban J connectivity index is 1.47. The number of benzene rings is 2. The van der Waals surface area contributed by atoms with Crippen LogP contribution in [0.2, 0.25) is 0 Å². The highest BCUT2D eigenvalue weighted by molar-refractivity contribution is 6.02. The Bertz CT molecular complexity index is 1030. The highest BCUT2D eigenvalue weighted by Crippen LogP contribution is 2.37. The molecule has 134 valence electrons. The van der Waals surface area contributed by atoms with E-state index in [1.807, 2.05) is 12.1 Å². The van der Waals surface area contributed by atoms with E-state index in [9.17, 15) is 14.0 Å². The number of ether oxygens (including phenoxy) is 1. The van der Waals surface area contributed by atoms with Gasteiger partial charge in [0.05, 0.1) is 6.54 Å². The minimum absolute atomic E-state index is 0.170. The number of rotatable bonds is 4. The molecule has 0 bridgehead atoms. The summed E-state index contributed by atoms with van der Waals surface area (Å²) in [6.45, 7) is 0.223. The maximum absolute atomic E-state index is 12.9. The number of amides is 1. The summed E-state index contributed by atoms with van der Waals surface area (Å²) in [4.78, 5) is 28.6. The summed E-state index contributed by atoms with van der Waals surface area (Å²) in [6, 6.07) is 12.3. The maximum Gasteiger partial charge on any atom is 0.251 e. The zero-order chi connectivity index (χ0) is 18.8. The van der Waals surface area contributed by atoms with Crippen molar-refractivity contribution in [2.75, 3.05) is 6.54 Å². The number of nitrogens with zero attached hydrogens (tertiary/aromatic N) is 1. The predicted molar refractivity (Wildman–Crippen MR) is 97.1 cm³/mol. The van der Waals surface area contributed by atoms with Gasteiger partial charge in [0.25, 0.3) is 5.91 Å². The smallest absolute Gasteiger partial charge is 0.251 e. The van der Waals surface area contributed by atoms with Crippen LogP contribution in [0.1, 0.15) is 26.3 Å². The molecule has 27 heavy (non-hydrogen) atoms. The second-order valence-corrected chi connectivity index (χ2v) is 6.15. The lowest BCUT2D eigenvalue weighted by Gasteiger charge is -2.20. The van der Waals surface area contributed by atoms with E-state index >= 15 is 0 Å². The van der Waals surface area contributed by atoms with Gasteiger partial charge in [-0.3, -0.25) is 14.6 Å². The Labute approximate surface area is 154 Å². The number of pyridine rings is 1. The quantitative estimate of drug-likeness (QED) is 0.723. The van der Waals surface area contributed by atoms with E-state index in [1.165, 1.54) is 24.3 Å². The van der Waals surface area contributed by atoms with Crippen LogP contribution >= 0.6 is 0 Å². The number of carbonyl (C=O) groups excluding carboxylic acids is 2. The molecule has 1 aliphatic heterocycles. The van der Waals surface area contributed by atoms with Gasteiger partial charge < -0.3 is 10.1 Å². The van der Waals surface area contributed by atoms with Gasteiger partial charge in [-0.2, -0.15) is 0 Å². The first kappa shape index (κ1) is 16.9. The number of aromatic nitrogens is 1. The predicted octanol–water partition coefficient (Wildman–Crippen LogP) is 3.39. The molecule has 2 heterocycles. The van der Waals surface area contributed by atoms with Gasteiger partial charge >= 0.3 is 0 Å². The van der Waals surface area contributed by atoms with Crippen LogP contribution in [0.3, 0.4) is 0 Å². The molecular formula is C21H15FN2O3. The lowest BCUT2D eigenvalue weighted by Crippen LogP contribution is -2.29. The van der Waals surface area contributed by atoms with Gasteiger partial charge in [0.2, 0.25) is 0 Å². The van der Waals surface area contributed by atoms with E-state index in [0.717, 1.165) is 16.7 Å². The second-order valence-electron chi connectivity index (χ2n) is 6.15. The summed E-state index contributed by atoms with van der Waals surface area (Å²) in [5.74, 6) is -0.468. The fourth-order valence-electron chi connectivity index (χ4n) is 2.97. The Hall–Kier alpha value is -3.54. The fraction of sp³-hybridized carbons (Fsp3) is 0.0952. The summed E-state index contributed by atoms with van der Waals surface area (Å²) in [5, 5.41) is 2.59. The van der Waals surface area contributed by atoms with Crippen LogP contribution in [0.4, 0.5) is 4.39 Å². The van der Waals surface area contributed by atoms with E-state index < -0.39 is 5.82 Å². The Morgan fingerprint density at radius 3 is 2.63 bits per heavy atom. The molecule has 6 heteroatoms. The Kier molecular flexibility index (Phi) is 4.38. The Morgan fingerprint density at radius 2 is 1.81 bits per heavy atom. The molecule has 1 amide bonds. The molecule has 0 saturated heterocycles. The molecule has 0 saturated carbocycles. The number of halogens is 1. The molecule has 3 aromatic rings. The van der Waals surface area contributed by atoms with Crippen LogP contribution < -0.4 is 10.1 Å². The maximum atomic E-state index is 12.9. The summed E-state index contributed by atoms with van der Waals surface area (Å²) >= 11 is 0. The molecule has 1 aliphatic rings. The highest BCUT2D eigenvalue weighted by Gasteiger charge is 2.19. The largest absolute Gasteiger partial charge is 0.488 e. The monoisotopic (exact) mass is 362 g/mol. The topological polar surface area (TPSA) is 68.3 Å². The van der Waals surface area contributed by atoms with Crippen molar-refractivity contribution in [2.45, 2.75) is 6.61 Å². The summed E-state index contributed by atoms with van der Waals surface area (Å²) in [7, 11) is 0. The van der Waals surface area contributed by atoms with E-state index in [-0.39, 0.29) is 18.2 Å². The van der Waals surface area contributed by atoms with Crippen molar-refractivity contribution < 1.29 is 18.7 Å². The summed E-state index contributed by atoms with van der Waals surface area (Å²) in [6.07, 6.45) is 3.48. The van der Waals surface area contributed by atoms with Crippen molar-refractivity contribution in [1.82, 2.24) is 10.3 Å². The second kappa shape index (κ2) is 6.99. The molecule has 5 nitrogen and oxygen atoms in total. The molecule has 0 radical (unpaired) electrons. The molecule has 0 aliphatic carbocycles. The molecule has 0 unspecified atom stereocenters. The first-order valence-electron chi connectivity index (χ1n) is 8.39. The van der Waals surface area contributed by atoms with Gasteiger partial charge in [0.15, 0.2) is 5.78 Å². The molecule has 0 atom stereocenters. The van der Waals surface area contributed by atoms with Crippen molar-refractivity contribution in [1.29, 1.82) is 0 Å². The lowest BCUT2D eigenvalue weighted by atomic mass is 9.97. The van der Waals surface area contributed by atoms with Crippen LogP contribution in [0.15, 0.2) is 60.9 Å². The van der Waals surface area contributed by atoms with Crippen molar-refractivity contribution in [3.63, 3.8) is 0 Å². The molecule has 1 N–H and O–H groups in total. The van der Waals surface area contributed by atoms with Crippen LogP contribution in [0.5, 0.6) is 5.75 Å². The molecule has 1 aromatic heterocycles. The van der Waals surface area contributed by atoms with Crippen molar-refractivity contribution in [3.8, 4) is 16.9 Å². The molecular weight excluding hydrogens is 347 g/mol. The van der Waals surface area contributed by atoms with Crippen LogP contribution in [-0.2, 0) is 6.61 Å². The van der Waals surface area contributed by atoms with Gasteiger partial charge in [-0.1, -0.05) is 0 Å². The standard InChI is InChI=1S/C21H15FN2O3/c22-16-4-1-13(2-5-16)19(25)11-24-21(26)14-3-6-18-17-7-8-23-10-15(17)12-27-20(18)9-14/h1-10H,11-12H2,(H,24,26). The normalized spacial score (nSPS) is 11.7. The lowest BCUT2D eigenvalue weighted by molar-refractivity contribution is 0.0904. The molecule has 0 fully saturated rings. The SMILES string of the molecule is O=C(CNC(=O)c1ccc2c(c1)OCc1cnccc1-2)c1ccc(F)cc1. The number of fused-ring (bicyclic) bond motifs is 3. The van der Waals surface area contributed by atoms with Gasteiger partial charge in [0.1, 0.15) is 18.2 Å². The van der Waals surface area contributed by atoms with E-state index in [1.54, 1.807) is 24.5 Å². The number of carbonyl (C=O) groups is 2. The average molecular weight is 362 g/mol. The third kappa shape index (κ3) is 3.42. The van der Waals surface area contributed by atoms with Crippen molar-refractivity contribution in [3.05, 3.63) is 83.4 Å². The molecule has 4 rings (SSSR count). The number of hydrogen-bond donors (Lipinski definition) is 1. The van der Waals surface area contributed by atoms with E-state index in [0.29, 0.717) is 23.5 Å². The van der Waals surface area contributed by atoms with Crippen molar-refractivity contribution in [2.24, 2.45) is 0 Å². The Morgan fingerprint density at radius 1 is 1.04 bits per heavy atom. The first-order valence-corrected chi connectivity index (χ1v) is 8.39. The molecule has 2 aromatic carbocycles. The fourth-order valence-corrected chi connectivity index (χ4v) is 2.97. The van der Waals surface area contributed by atoms with E-state index in [4.69, 9.17) is 4.74 Å². The third-order valence-corrected chi connectivity index (χ3v) is 4.40. The average Bonchev–Trinajstić information content (AvgIpc) is 2.71. The van der Waals surface area contributed by atoms with Gasteiger partial charge in [-0.25, -0.2) is 4.39 Å². The van der Waals surface area contributed by atoms with Crippen LogP contribution in [0, 0.1) is 5.82 Å². The van der Waals surface area contributed by atoms with Gasteiger partial charge in [0, 0.05) is 34.6 Å². The van der Waals surface area contributed by atoms with Crippen molar-refractivity contribution >= 4 is 11.7 Å². The number of nitrogens with one attached hydrogen (secondary N) is 1. The number of Topliss-reactive ketones (excluding diaryl/α,β-unsaturated/α-hetero) is 1. The van der Waals surface area contributed by atoms with E-state index in [2.05, 4.69) is 10.3 Å². The van der Waals surface area contributed by atoms with Crippen LogP contribution in [0.25, 0.3) is 11.1 Å². The van der Waals surface area contributed by atoms with Gasteiger partial charge in [-0.05, 0) is 54.1 Å². The summed E-state index contributed by atoms with van der Waals surface area (Å²) < 4.78 is 18.6.